The molecule has 1 aliphatic heterocycles. The van der Waals surface area contributed by atoms with Crippen LogP contribution < -0.4 is 15.5 Å². The van der Waals surface area contributed by atoms with Crippen LogP contribution in [0.4, 0.5) is 11.4 Å². The SMILES string of the molecule is CNC(=O)c1ccccc1NC(=O)[C@@H]1CC(=O)N(c2cccc(Cl)c2C)C1. The van der Waals surface area contributed by atoms with Gasteiger partial charge in [-0.05, 0) is 36.8 Å². The summed E-state index contributed by atoms with van der Waals surface area (Å²) in [5.74, 6) is -1.21. The van der Waals surface area contributed by atoms with E-state index in [1.807, 2.05) is 13.0 Å². The highest BCUT2D eigenvalue weighted by atomic mass is 35.5. The van der Waals surface area contributed by atoms with Gasteiger partial charge in [-0.1, -0.05) is 29.8 Å². The van der Waals surface area contributed by atoms with Crippen molar-refractivity contribution in [1.29, 1.82) is 0 Å². The van der Waals surface area contributed by atoms with Gasteiger partial charge in [-0.15, -0.1) is 0 Å². The predicted molar refractivity (Wildman–Crippen MR) is 105 cm³/mol. The molecule has 0 aromatic heterocycles. The molecule has 0 spiro atoms. The van der Waals surface area contributed by atoms with E-state index in [9.17, 15) is 14.4 Å². The quantitative estimate of drug-likeness (QED) is 0.849. The van der Waals surface area contributed by atoms with E-state index in [1.54, 1.807) is 41.3 Å². The van der Waals surface area contributed by atoms with Crippen molar-refractivity contribution in [2.75, 3.05) is 23.8 Å². The summed E-state index contributed by atoms with van der Waals surface area (Å²) >= 11 is 6.15. The number of amides is 3. The minimum Gasteiger partial charge on any atom is -0.355 e. The van der Waals surface area contributed by atoms with Crippen LogP contribution in [-0.4, -0.2) is 31.3 Å². The summed E-state index contributed by atoms with van der Waals surface area (Å²) in [4.78, 5) is 38.7. The van der Waals surface area contributed by atoms with Crippen molar-refractivity contribution in [3.8, 4) is 0 Å². The van der Waals surface area contributed by atoms with Crippen molar-refractivity contribution in [2.24, 2.45) is 5.92 Å². The van der Waals surface area contributed by atoms with E-state index in [0.717, 1.165) is 5.56 Å². The fourth-order valence-corrected chi connectivity index (χ4v) is 3.33. The average molecular weight is 386 g/mol. The monoisotopic (exact) mass is 385 g/mol. The fraction of sp³-hybridized carbons (Fsp3) is 0.250. The smallest absolute Gasteiger partial charge is 0.253 e. The Hall–Kier alpha value is -2.86. The number of hydrogen-bond donors (Lipinski definition) is 2. The van der Waals surface area contributed by atoms with Crippen LogP contribution in [0.15, 0.2) is 42.5 Å². The van der Waals surface area contributed by atoms with Gasteiger partial charge in [-0.2, -0.15) is 0 Å². The van der Waals surface area contributed by atoms with Crippen LogP contribution >= 0.6 is 11.6 Å². The molecule has 2 aromatic carbocycles. The van der Waals surface area contributed by atoms with Crippen molar-refractivity contribution in [2.45, 2.75) is 13.3 Å². The second kappa shape index (κ2) is 7.80. The standard InChI is InChI=1S/C20H20ClN3O3/c1-12-15(21)7-5-9-17(12)24-11-13(10-18(24)25)19(26)23-16-8-4-3-6-14(16)20(27)22-2/h3-9,13H,10-11H2,1-2H3,(H,22,27)(H,23,26)/t13-/m1/s1. The highest BCUT2D eigenvalue weighted by molar-refractivity contribution is 6.31. The minimum absolute atomic E-state index is 0.111. The van der Waals surface area contributed by atoms with Gasteiger partial charge in [0.05, 0.1) is 17.2 Å². The van der Waals surface area contributed by atoms with Crippen molar-refractivity contribution in [1.82, 2.24) is 5.32 Å². The molecule has 27 heavy (non-hydrogen) atoms. The predicted octanol–water partition coefficient (Wildman–Crippen LogP) is 3.00. The molecule has 140 valence electrons. The lowest BCUT2D eigenvalue weighted by Crippen LogP contribution is -2.29. The molecule has 1 heterocycles. The van der Waals surface area contributed by atoms with Gasteiger partial charge in [0.15, 0.2) is 0 Å². The molecular weight excluding hydrogens is 366 g/mol. The third kappa shape index (κ3) is 3.80. The second-order valence-electron chi connectivity index (χ2n) is 6.40. The van der Waals surface area contributed by atoms with E-state index in [-0.39, 0.29) is 30.7 Å². The molecule has 0 bridgehead atoms. The number of halogens is 1. The van der Waals surface area contributed by atoms with Crippen molar-refractivity contribution < 1.29 is 14.4 Å². The van der Waals surface area contributed by atoms with Crippen LogP contribution in [0, 0.1) is 12.8 Å². The zero-order valence-electron chi connectivity index (χ0n) is 15.1. The topological polar surface area (TPSA) is 78.5 Å². The number of rotatable bonds is 4. The molecule has 1 atom stereocenters. The van der Waals surface area contributed by atoms with Crippen LogP contribution in [0.5, 0.6) is 0 Å². The van der Waals surface area contributed by atoms with E-state index < -0.39 is 5.92 Å². The molecule has 3 rings (SSSR count). The van der Waals surface area contributed by atoms with Crippen LogP contribution in [0.1, 0.15) is 22.3 Å². The summed E-state index contributed by atoms with van der Waals surface area (Å²) in [6.07, 6.45) is 0.111. The summed E-state index contributed by atoms with van der Waals surface area (Å²) in [5.41, 5.74) is 2.32. The molecule has 0 aliphatic carbocycles. The molecule has 3 amide bonds. The molecule has 1 aliphatic rings. The van der Waals surface area contributed by atoms with Gasteiger partial charge in [0.2, 0.25) is 11.8 Å². The number of anilines is 2. The Morgan fingerprint density at radius 2 is 1.89 bits per heavy atom. The van der Waals surface area contributed by atoms with E-state index >= 15 is 0 Å². The Morgan fingerprint density at radius 3 is 2.63 bits per heavy atom. The zero-order chi connectivity index (χ0) is 19.6. The largest absolute Gasteiger partial charge is 0.355 e. The van der Waals surface area contributed by atoms with Gasteiger partial charge in [-0.25, -0.2) is 0 Å². The highest BCUT2D eigenvalue weighted by Gasteiger charge is 2.36. The fourth-order valence-electron chi connectivity index (χ4n) is 3.16. The van der Waals surface area contributed by atoms with Gasteiger partial charge in [0, 0.05) is 30.7 Å². The van der Waals surface area contributed by atoms with Crippen LogP contribution in [0.2, 0.25) is 5.02 Å². The molecule has 7 heteroatoms. The van der Waals surface area contributed by atoms with Crippen molar-refractivity contribution in [3.63, 3.8) is 0 Å². The van der Waals surface area contributed by atoms with E-state index in [4.69, 9.17) is 11.6 Å². The first-order valence-electron chi connectivity index (χ1n) is 8.59. The summed E-state index contributed by atoms with van der Waals surface area (Å²) < 4.78 is 0. The number of nitrogens with zero attached hydrogens (tertiary/aromatic N) is 1. The number of carbonyl (C=O) groups excluding carboxylic acids is 3. The lowest BCUT2D eigenvalue weighted by molar-refractivity contribution is -0.122. The first-order valence-corrected chi connectivity index (χ1v) is 8.97. The lowest BCUT2D eigenvalue weighted by atomic mass is 10.1. The van der Waals surface area contributed by atoms with Gasteiger partial charge in [0.25, 0.3) is 5.91 Å². The third-order valence-electron chi connectivity index (χ3n) is 4.68. The Bertz CT molecular complexity index is 913. The number of benzene rings is 2. The summed E-state index contributed by atoms with van der Waals surface area (Å²) in [7, 11) is 1.53. The maximum atomic E-state index is 12.7. The summed E-state index contributed by atoms with van der Waals surface area (Å²) in [6, 6.07) is 12.1. The van der Waals surface area contributed by atoms with Crippen molar-refractivity contribution in [3.05, 3.63) is 58.6 Å². The summed E-state index contributed by atoms with van der Waals surface area (Å²) in [6.45, 7) is 2.12. The first-order chi connectivity index (χ1) is 12.9. The number of carbonyl (C=O) groups is 3. The van der Waals surface area contributed by atoms with Gasteiger partial charge < -0.3 is 15.5 Å². The second-order valence-corrected chi connectivity index (χ2v) is 6.81. The molecular formula is C20H20ClN3O3. The van der Waals surface area contributed by atoms with E-state index in [1.165, 1.54) is 7.05 Å². The maximum Gasteiger partial charge on any atom is 0.253 e. The van der Waals surface area contributed by atoms with Gasteiger partial charge in [0.1, 0.15) is 0 Å². The van der Waals surface area contributed by atoms with Crippen LogP contribution in [-0.2, 0) is 9.59 Å². The van der Waals surface area contributed by atoms with Crippen LogP contribution in [0.25, 0.3) is 0 Å². The van der Waals surface area contributed by atoms with E-state index in [0.29, 0.717) is 22.0 Å². The Labute approximate surface area is 162 Å². The molecule has 6 nitrogen and oxygen atoms in total. The maximum absolute atomic E-state index is 12.7. The number of para-hydroxylation sites is 1. The molecule has 2 N–H and O–H groups in total. The highest BCUT2D eigenvalue weighted by Crippen LogP contribution is 2.32. The van der Waals surface area contributed by atoms with E-state index in [2.05, 4.69) is 10.6 Å². The van der Waals surface area contributed by atoms with Gasteiger partial charge >= 0.3 is 0 Å². The van der Waals surface area contributed by atoms with Gasteiger partial charge in [-0.3, -0.25) is 14.4 Å². The summed E-state index contributed by atoms with van der Waals surface area (Å²) in [5, 5.41) is 5.90. The van der Waals surface area contributed by atoms with Crippen LogP contribution in [0.3, 0.4) is 0 Å². The normalized spacial score (nSPS) is 16.3. The molecule has 1 fully saturated rings. The molecule has 0 saturated carbocycles. The Morgan fingerprint density at radius 1 is 1.15 bits per heavy atom. The third-order valence-corrected chi connectivity index (χ3v) is 5.09. The molecule has 2 aromatic rings. The first kappa shape index (κ1) is 18.9. The van der Waals surface area contributed by atoms with Crippen molar-refractivity contribution >= 4 is 40.7 Å². The molecule has 0 unspecified atom stereocenters. The Balaban J connectivity index is 1.77. The molecule has 1 saturated heterocycles. The zero-order valence-corrected chi connectivity index (χ0v) is 15.8. The number of nitrogens with one attached hydrogen (secondary N) is 2. The molecule has 0 radical (unpaired) electrons. The average Bonchev–Trinajstić information content (AvgIpc) is 3.05. The Kier molecular flexibility index (Phi) is 5.46. The number of hydrogen-bond acceptors (Lipinski definition) is 3. The minimum atomic E-state index is -0.506. The lowest BCUT2D eigenvalue weighted by Gasteiger charge is -2.20.